The minimum absolute atomic E-state index is 0.403. The van der Waals surface area contributed by atoms with Crippen LogP contribution >= 0.6 is 0 Å². The van der Waals surface area contributed by atoms with Crippen molar-refractivity contribution in [2.24, 2.45) is 0 Å². The van der Waals surface area contributed by atoms with Gasteiger partial charge >= 0.3 is 0 Å². The maximum Gasteiger partial charge on any atom is 0.202 e. The summed E-state index contributed by atoms with van der Waals surface area (Å²) in [4.78, 5) is 3.33. The average molecular weight is 157 g/mol. The van der Waals surface area contributed by atoms with Crippen LogP contribution in [-0.4, -0.2) is 6.61 Å². The molecule has 1 aliphatic heterocycles. The Labute approximate surface area is 70.9 Å². The molecule has 1 aliphatic rings. The van der Waals surface area contributed by atoms with Crippen molar-refractivity contribution in [1.82, 2.24) is 0 Å². The molecule has 0 atom stereocenters. The molecule has 1 heterocycles. The van der Waals surface area contributed by atoms with Crippen LogP contribution in [0, 0.1) is 6.57 Å². The number of rotatable bonds is 0. The van der Waals surface area contributed by atoms with Gasteiger partial charge in [0, 0.05) is 5.56 Å². The smallest absolute Gasteiger partial charge is 0.202 e. The summed E-state index contributed by atoms with van der Waals surface area (Å²) in [7, 11) is 0. The van der Waals surface area contributed by atoms with Gasteiger partial charge in [0.15, 0.2) is 0 Å². The van der Waals surface area contributed by atoms with E-state index in [-0.39, 0.29) is 0 Å². The zero-order valence-electron chi connectivity index (χ0n) is 6.45. The van der Waals surface area contributed by atoms with Gasteiger partial charge in [0.2, 0.25) is 5.70 Å². The summed E-state index contributed by atoms with van der Waals surface area (Å²) in [6, 6.07) is 7.72. The van der Waals surface area contributed by atoms with Crippen LogP contribution in [0.3, 0.4) is 0 Å². The molecule has 0 N–H and O–H groups in total. The summed E-state index contributed by atoms with van der Waals surface area (Å²) in [5, 5.41) is 0. The Morgan fingerprint density at radius 1 is 1.33 bits per heavy atom. The van der Waals surface area contributed by atoms with Gasteiger partial charge in [-0.25, -0.2) is 4.85 Å². The molecule has 2 nitrogen and oxygen atoms in total. The molecule has 1 aromatic rings. The van der Waals surface area contributed by atoms with Gasteiger partial charge in [-0.3, -0.25) is 0 Å². The molecule has 0 saturated heterocycles. The lowest BCUT2D eigenvalue weighted by Crippen LogP contribution is -2.04. The van der Waals surface area contributed by atoms with Gasteiger partial charge in [-0.15, -0.1) is 0 Å². The van der Waals surface area contributed by atoms with Crippen LogP contribution in [0.4, 0.5) is 0 Å². The predicted octanol–water partition coefficient (Wildman–Crippen LogP) is 2.34. The lowest BCUT2D eigenvalue weighted by molar-refractivity contribution is 0.351. The van der Waals surface area contributed by atoms with E-state index in [9.17, 15) is 0 Å². The summed E-state index contributed by atoms with van der Waals surface area (Å²) < 4.78 is 5.34. The summed E-state index contributed by atoms with van der Waals surface area (Å²) >= 11 is 0. The molecule has 0 radical (unpaired) electrons. The van der Waals surface area contributed by atoms with Crippen LogP contribution in [0.15, 0.2) is 30.0 Å². The van der Waals surface area contributed by atoms with Crippen molar-refractivity contribution in [3.05, 3.63) is 46.9 Å². The Bertz CT molecular complexity index is 374. The van der Waals surface area contributed by atoms with Crippen LogP contribution in [0.1, 0.15) is 5.56 Å². The summed E-state index contributed by atoms with van der Waals surface area (Å²) in [5.41, 5.74) is 1.66. The summed E-state index contributed by atoms with van der Waals surface area (Å²) in [6.07, 6.45) is 1.87. The molecule has 0 amide bonds. The standard InChI is InChI=1S/C10H7NO/c1-11-9-6-8-4-2-3-5-10(8)12-7-9/h2-6H,7H2. The number of para-hydroxylation sites is 1. The lowest BCUT2D eigenvalue weighted by Gasteiger charge is -2.13. The Hall–Kier alpha value is -1.75. The molecular weight excluding hydrogens is 150 g/mol. The van der Waals surface area contributed by atoms with Crippen molar-refractivity contribution in [2.45, 2.75) is 0 Å². The first-order valence-electron chi connectivity index (χ1n) is 3.70. The third kappa shape index (κ3) is 1.06. The zero-order chi connectivity index (χ0) is 8.39. The highest BCUT2D eigenvalue weighted by molar-refractivity contribution is 5.63. The van der Waals surface area contributed by atoms with Gasteiger partial charge in [-0.2, -0.15) is 0 Å². The van der Waals surface area contributed by atoms with Crippen LogP contribution in [-0.2, 0) is 0 Å². The number of benzene rings is 1. The maximum absolute atomic E-state index is 6.82. The second-order valence-corrected chi connectivity index (χ2v) is 2.57. The SMILES string of the molecule is [C-]#[N+]C1=Cc2ccccc2OC1. The van der Waals surface area contributed by atoms with Crippen LogP contribution < -0.4 is 4.74 Å². The molecule has 1 aromatic carbocycles. The topological polar surface area (TPSA) is 13.6 Å². The first-order chi connectivity index (χ1) is 5.90. The van der Waals surface area contributed by atoms with Gasteiger partial charge in [-0.05, 0) is 12.1 Å². The second kappa shape index (κ2) is 2.71. The lowest BCUT2D eigenvalue weighted by atomic mass is 10.1. The molecular formula is C10H7NO. The first kappa shape index (κ1) is 6.93. The first-order valence-corrected chi connectivity index (χ1v) is 3.70. The van der Waals surface area contributed by atoms with Crippen LogP contribution in [0.2, 0.25) is 0 Å². The normalized spacial score (nSPS) is 13.8. The highest BCUT2D eigenvalue weighted by atomic mass is 16.5. The minimum atomic E-state index is 0.403. The van der Waals surface area contributed by atoms with Gasteiger partial charge in [0.05, 0.1) is 6.57 Å². The predicted molar refractivity (Wildman–Crippen MR) is 46.5 cm³/mol. The third-order valence-electron chi connectivity index (χ3n) is 1.76. The van der Waals surface area contributed by atoms with Crippen molar-refractivity contribution in [1.29, 1.82) is 0 Å². The molecule has 58 valence electrons. The van der Waals surface area contributed by atoms with Crippen molar-refractivity contribution >= 4 is 6.08 Å². The molecule has 0 unspecified atom stereocenters. The number of hydrogen-bond acceptors (Lipinski definition) is 1. The van der Waals surface area contributed by atoms with E-state index in [0.29, 0.717) is 12.3 Å². The van der Waals surface area contributed by atoms with Gasteiger partial charge in [-0.1, -0.05) is 18.2 Å². The van der Waals surface area contributed by atoms with E-state index in [1.54, 1.807) is 0 Å². The van der Waals surface area contributed by atoms with E-state index in [0.717, 1.165) is 11.3 Å². The average Bonchev–Trinajstić information content (AvgIpc) is 2.17. The number of nitrogens with zero attached hydrogens (tertiary/aromatic N) is 1. The minimum Gasteiger partial charge on any atom is -0.499 e. The molecule has 0 spiro atoms. The Balaban J connectivity index is 2.49. The molecule has 2 heteroatoms. The summed E-state index contributed by atoms with van der Waals surface area (Å²) in [6.45, 7) is 7.22. The fraction of sp³-hybridized carbons (Fsp3) is 0.100. The number of fused-ring (bicyclic) bond motifs is 1. The second-order valence-electron chi connectivity index (χ2n) is 2.57. The highest BCUT2D eigenvalue weighted by Gasteiger charge is 2.09. The van der Waals surface area contributed by atoms with Gasteiger partial charge in [0.1, 0.15) is 12.4 Å². The number of hydrogen-bond donors (Lipinski definition) is 0. The van der Waals surface area contributed by atoms with Crippen LogP contribution in [0.25, 0.3) is 10.9 Å². The van der Waals surface area contributed by atoms with Crippen LogP contribution in [0.5, 0.6) is 5.75 Å². The molecule has 2 rings (SSSR count). The van der Waals surface area contributed by atoms with Crippen molar-refractivity contribution in [2.75, 3.05) is 6.61 Å². The van der Waals surface area contributed by atoms with E-state index in [1.165, 1.54) is 0 Å². The molecule has 0 saturated carbocycles. The summed E-state index contributed by atoms with van der Waals surface area (Å²) in [5.74, 6) is 0.866. The quantitative estimate of drug-likeness (QED) is 0.527. The molecule has 0 fully saturated rings. The van der Waals surface area contributed by atoms with E-state index in [4.69, 9.17) is 11.3 Å². The van der Waals surface area contributed by atoms with E-state index >= 15 is 0 Å². The largest absolute Gasteiger partial charge is 0.499 e. The monoisotopic (exact) mass is 157 g/mol. The van der Waals surface area contributed by atoms with E-state index in [1.807, 2.05) is 30.3 Å². The Morgan fingerprint density at radius 3 is 3.00 bits per heavy atom. The van der Waals surface area contributed by atoms with E-state index < -0.39 is 0 Å². The number of ether oxygens (including phenoxy) is 1. The van der Waals surface area contributed by atoms with Gasteiger partial charge in [0.25, 0.3) is 0 Å². The maximum atomic E-state index is 6.82. The zero-order valence-corrected chi connectivity index (χ0v) is 6.45. The highest BCUT2D eigenvalue weighted by Crippen LogP contribution is 2.25. The van der Waals surface area contributed by atoms with Crippen molar-refractivity contribution < 1.29 is 4.74 Å². The fourth-order valence-corrected chi connectivity index (χ4v) is 1.17. The van der Waals surface area contributed by atoms with Crippen molar-refractivity contribution in [3.8, 4) is 5.75 Å². The Morgan fingerprint density at radius 2 is 2.17 bits per heavy atom. The Kier molecular flexibility index (Phi) is 1.56. The molecule has 0 aromatic heterocycles. The van der Waals surface area contributed by atoms with Crippen molar-refractivity contribution in [3.63, 3.8) is 0 Å². The van der Waals surface area contributed by atoms with Gasteiger partial charge < -0.3 is 4.74 Å². The van der Waals surface area contributed by atoms with E-state index in [2.05, 4.69) is 4.85 Å². The molecule has 0 bridgehead atoms. The molecule has 0 aliphatic carbocycles. The molecule has 12 heavy (non-hydrogen) atoms. The fourth-order valence-electron chi connectivity index (χ4n) is 1.17. The third-order valence-corrected chi connectivity index (χ3v) is 1.76.